The Labute approximate surface area is 198 Å². The average Bonchev–Trinajstić information content (AvgIpc) is 3.30. The molecule has 1 aliphatic rings. The zero-order valence-corrected chi connectivity index (χ0v) is 19.2. The van der Waals surface area contributed by atoms with Crippen LogP contribution in [0.4, 0.5) is 13.2 Å². The van der Waals surface area contributed by atoms with Crippen LogP contribution < -0.4 is 0 Å². The molecular formula is C27H30F3N3O. The number of rotatable bonds is 9. The molecule has 7 heteroatoms. The van der Waals surface area contributed by atoms with Gasteiger partial charge in [-0.3, -0.25) is 4.90 Å². The summed E-state index contributed by atoms with van der Waals surface area (Å²) in [5.41, 5.74) is 1.77. The topological polar surface area (TPSA) is 32.5 Å². The van der Waals surface area contributed by atoms with E-state index in [2.05, 4.69) is 15.0 Å². The van der Waals surface area contributed by atoms with Gasteiger partial charge in [-0.05, 0) is 42.7 Å². The maximum atomic E-state index is 13.2. The molecule has 2 heterocycles. The van der Waals surface area contributed by atoms with Gasteiger partial charge in [-0.2, -0.15) is 13.2 Å². The van der Waals surface area contributed by atoms with Gasteiger partial charge in [0.1, 0.15) is 11.5 Å². The van der Waals surface area contributed by atoms with Crippen molar-refractivity contribution < 1.29 is 17.7 Å². The molecule has 3 aromatic rings. The molecular weight excluding hydrogens is 439 g/mol. The van der Waals surface area contributed by atoms with Crippen LogP contribution in [0.3, 0.4) is 0 Å². The number of unbranched alkanes of at least 4 members (excludes halogenated alkanes) is 1. The Balaban J connectivity index is 1.15. The number of benzene rings is 2. The zero-order chi connectivity index (χ0) is 23.8. The standard InChI is InChI=1S/C27H30F3N3O/c28-27(29,30)26-12-5-4-10-23(26)21-33-18-16-32(17-19-33)15-7-6-11-25-20-24(31-34-25)14-13-22-8-2-1-3-9-22/h1-5,8-10,12-14,20H,6-7,11,15-19,21H2/b14-13+. The van der Waals surface area contributed by atoms with Crippen LogP contribution in [0, 0.1) is 0 Å². The summed E-state index contributed by atoms with van der Waals surface area (Å²) in [5, 5.41) is 4.12. The van der Waals surface area contributed by atoms with Gasteiger partial charge in [0, 0.05) is 45.2 Å². The van der Waals surface area contributed by atoms with Crippen molar-refractivity contribution in [1.82, 2.24) is 15.0 Å². The van der Waals surface area contributed by atoms with Crippen LogP contribution in [0.15, 0.2) is 65.2 Å². The largest absolute Gasteiger partial charge is 0.416 e. The van der Waals surface area contributed by atoms with Crippen molar-refractivity contribution >= 4 is 12.2 Å². The first-order valence-corrected chi connectivity index (χ1v) is 11.8. The number of aromatic nitrogens is 1. The van der Waals surface area contributed by atoms with Crippen LogP contribution in [0.25, 0.3) is 12.2 Å². The molecule has 0 N–H and O–H groups in total. The van der Waals surface area contributed by atoms with E-state index in [1.54, 1.807) is 12.1 Å². The third kappa shape index (κ3) is 7.05. The summed E-state index contributed by atoms with van der Waals surface area (Å²) >= 11 is 0. The molecule has 0 radical (unpaired) electrons. The summed E-state index contributed by atoms with van der Waals surface area (Å²) in [7, 11) is 0. The van der Waals surface area contributed by atoms with Crippen molar-refractivity contribution in [2.75, 3.05) is 32.7 Å². The minimum atomic E-state index is -4.30. The maximum Gasteiger partial charge on any atom is 0.416 e. The molecule has 4 rings (SSSR count). The molecule has 180 valence electrons. The third-order valence-corrected chi connectivity index (χ3v) is 6.15. The van der Waals surface area contributed by atoms with Crippen molar-refractivity contribution in [3.05, 3.63) is 88.8 Å². The van der Waals surface area contributed by atoms with Crippen LogP contribution in [0.5, 0.6) is 0 Å². The number of halogens is 3. The lowest BCUT2D eigenvalue weighted by molar-refractivity contribution is -0.138. The molecule has 1 saturated heterocycles. The van der Waals surface area contributed by atoms with Crippen molar-refractivity contribution in [3.8, 4) is 0 Å². The Bertz CT molecular complexity index is 1050. The van der Waals surface area contributed by atoms with Crippen molar-refractivity contribution in [3.63, 3.8) is 0 Å². The third-order valence-electron chi connectivity index (χ3n) is 6.15. The number of hydrogen-bond acceptors (Lipinski definition) is 4. The van der Waals surface area contributed by atoms with E-state index in [-0.39, 0.29) is 0 Å². The van der Waals surface area contributed by atoms with E-state index >= 15 is 0 Å². The fourth-order valence-electron chi connectivity index (χ4n) is 4.25. The Hall–Kier alpha value is -2.90. The maximum absolute atomic E-state index is 13.2. The highest BCUT2D eigenvalue weighted by Crippen LogP contribution is 2.32. The molecule has 0 atom stereocenters. The summed E-state index contributed by atoms with van der Waals surface area (Å²) < 4.78 is 45.1. The van der Waals surface area contributed by atoms with Gasteiger partial charge in [0.2, 0.25) is 0 Å². The first kappa shape index (κ1) is 24.2. The van der Waals surface area contributed by atoms with E-state index in [1.165, 1.54) is 12.1 Å². The first-order valence-electron chi connectivity index (χ1n) is 11.8. The number of piperazine rings is 1. The van der Waals surface area contributed by atoms with E-state index in [0.717, 1.165) is 69.0 Å². The summed E-state index contributed by atoms with van der Waals surface area (Å²) in [6, 6.07) is 17.9. The van der Waals surface area contributed by atoms with E-state index in [4.69, 9.17) is 4.52 Å². The first-order chi connectivity index (χ1) is 16.5. The van der Waals surface area contributed by atoms with E-state index in [9.17, 15) is 13.2 Å². The molecule has 1 aromatic heterocycles. The molecule has 4 nitrogen and oxygen atoms in total. The van der Waals surface area contributed by atoms with Gasteiger partial charge in [0.15, 0.2) is 0 Å². The van der Waals surface area contributed by atoms with E-state index in [0.29, 0.717) is 12.1 Å². The summed E-state index contributed by atoms with van der Waals surface area (Å²) in [4.78, 5) is 4.50. The molecule has 0 saturated carbocycles. The van der Waals surface area contributed by atoms with E-state index in [1.807, 2.05) is 48.6 Å². The highest BCUT2D eigenvalue weighted by Gasteiger charge is 2.33. The van der Waals surface area contributed by atoms with Gasteiger partial charge in [0.25, 0.3) is 0 Å². The number of aryl methyl sites for hydroxylation is 1. The lowest BCUT2D eigenvalue weighted by atomic mass is 10.1. The molecule has 0 amide bonds. The molecule has 0 aliphatic carbocycles. The quantitative estimate of drug-likeness (QED) is 0.360. The van der Waals surface area contributed by atoms with Crippen molar-refractivity contribution in [2.45, 2.75) is 32.0 Å². The van der Waals surface area contributed by atoms with E-state index < -0.39 is 11.7 Å². The smallest absolute Gasteiger partial charge is 0.361 e. The monoisotopic (exact) mass is 469 g/mol. The van der Waals surface area contributed by atoms with Crippen LogP contribution in [0.2, 0.25) is 0 Å². The molecule has 2 aromatic carbocycles. The average molecular weight is 470 g/mol. The molecule has 0 bridgehead atoms. The molecule has 0 unspecified atom stereocenters. The van der Waals surface area contributed by atoms with Gasteiger partial charge in [-0.25, -0.2) is 0 Å². The fraction of sp³-hybridized carbons (Fsp3) is 0.370. The Morgan fingerprint density at radius 3 is 2.32 bits per heavy atom. The highest BCUT2D eigenvalue weighted by atomic mass is 19.4. The predicted octanol–water partition coefficient (Wildman–Crippen LogP) is 6.00. The number of hydrogen-bond donors (Lipinski definition) is 0. The van der Waals surface area contributed by atoms with Crippen molar-refractivity contribution in [2.24, 2.45) is 0 Å². The Morgan fingerprint density at radius 2 is 1.56 bits per heavy atom. The van der Waals surface area contributed by atoms with Crippen LogP contribution in [0.1, 0.15) is 41.0 Å². The van der Waals surface area contributed by atoms with Crippen molar-refractivity contribution in [1.29, 1.82) is 0 Å². The van der Waals surface area contributed by atoms with Gasteiger partial charge >= 0.3 is 6.18 Å². The molecule has 1 aliphatic heterocycles. The summed E-state index contributed by atoms with van der Waals surface area (Å²) in [6.45, 7) is 4.66. The number of alkyl halides is 3. The second-order valence-corrected chi connectivity index (χ2v) is 8.69. The van der Waals surface area contributed by atoms with Crippen LogP contribution in [-0.2, 0) is 19.1 Å². The summed E-state index contributed by atoms with van der Waals surface area (Å²) in [6.07, 6.45) is 2.57. The second-order valence-electron chi connectivity index (χ2n) is 8.69. The van der Waals surface area contributed by atoms with Gasteiger partial charge in [0.05, 0.1) is 5.56 Å². The molecule has 1 fully saturated rings. The lowest BCUT2D eigenvalue weighted by Crippen LogP contribution is -2.46. The fourth-order valence-corrected chi connectivity index (χ4v) is 4.25. The number of nitrogens with zero attached hydrogens (tertiary/aromatic N) is 3. The Kier molecular flexibility index (Phi) is 8.19. The van der Waals surface area contributed by atoms with Gasteiger partial charge in [-0.15, -0.1) is 0 Å². The van der Waals surface area contributed by atoms with Crippen LogP contribution >= 0.6 is 0 Å². The van der Waals surface area contributed by atoms with Gasteiger partial charge in [-0.1, -0.05) is 59.8 Å². The zero-order valence-electron chi connectivity index (χ0n) is 19.2. The highest BCUT2D eigenvalue weighted by molar-refractivity contribution is 5.67. The van der Waals surface area contributed by atoms with Gasteiger partial charge < -0.3 is 9.42 Å². The SMILES string of the molecule is FC(F)(F)c1ccccc1CN1CCN(CCCCc2cc(/C=C/c3ccccc3)no2)CC1. The summed E-state index contributed by atoms with van der Waals surface area (Å²) in [5.74, 6) is 0.890. The Morgan fingerprint density at radius 1 is 0.853 bits per heavy atom. The molecule has 0 spiro atoms. The predicted molar refractivity (Wildman–Crippen MR) is 128 cm³/mol. The molecule has 34 heavy (non-hydrogen) atoms. The van der Waals surface area contributed by atoms with Crippen LogP contribution in [-0.4, -0.2) is 47.7 Å². The normalized spacial score (nSPS) is 15.9. The minimum absolute atomic E-state index is 0.343. The second kappa shape index (κ2) is 11.5. The minimum Gasteiger partial charge on any atom is -0.361 e. The lowest BCUT2D eigenvalue weighted by Gasteiger charge is -2.35.